The zero-order chi connectivity index (χ0) is 17.8. The molecule has 2 atom stereocenters. The normalized spacial score (nSPS) is 17.7. The maximum atomic E-state index is 5.69. The van der Waals surface area contributed by atoms with Gasteiger partial charge in [0, 0.05) is 18.4 Å². The van der Waals surface area contributed by atoms with Crippen LogP contribution in [0.4, 0.5) is 0 Å². The summed E-state index contributed by atoms with van der Waals surface area (Å²) in [6, 6.07) is 19.8. The van der Waals surface area contributed by atoms with Crippen molar-refractivity contribution in [3.63, 3.8) is 0 Å². The first-order valence-electron chi connectivity index (χ1n) is 9.52. The molecule has 0 amide bonds. The van der Waals surface area contributed by atoms with E-state index in [0.717, 1.165) is 6.42 Å². The first-order chi connectivity index (χ1) is 12.8. The molecule has 0 bridgehead atoms. The molecule has 0 aliphatic heterocycles. The topological polar surface area (TPSA) is 51.0 Å². The van der Waals surface area contributed by atoms with E-state index >= 15 is 0 Å². The molecule has 4 rings (SSSR count). The smallest absolute Gasteiger partial charge is 0.230 e. The number of nitrogens with zero attached hydrogens (tertiary/aromatic N) is 2. The van der Waals surface area contributed by atoms with Gasteiger partial charge in [0.25, 0.3) is 0 Å². The Morgan fingerprint density at radius 1 is 1.04 bits per heavy atom. The average Bonchev–Trinajstić information content (AvgIpc) is 3.17. The summed E-state index contributed by atoms with van der Waals surface area (Å²) in [5, 5.41) is 11.9. The number of fused-ring (bicyclic) bond motifs is 1. The minimum absolute atomic E-state index is 0.231. The van der Waals surface area contributed by atoms with E-state index in [1.807, 2.05) is 6.92 Å². The molecule has 2 aromatic carbocycles. The molecule has 134 valence electrons. The van der Waals surface area contributed by atoms with Gasteiger partial charge in [0.05, 0.1) is 6.54 Å². The van der Waals surface area contributed by atoms with E-state index in [1.165, 1.54) is 36.0 Å². The summed E-state index contributed by atoms with van der Waals surface area (Å²) in [5.74, 6) is 1.81. The van der Waals surface area contributed by atoms with Crippen LogP contribution in [-0.2, 0) is 19.4 Å². The second-order valence-electron chi connectivity index (χ2n) is 6.91. The lowest BCUT2D eigenvalue weighted by atomic mass is 9.76. The molecule has 0 spiro atoms. The van der Waals surface area contributed by atoms with Crippen LogP contribution < -0.4 is 5.32 Å². The van der Waals surface area contributed by atoms with Crippen molar-refractivity contribution in [3.05, 3.63) is 83.1 Å². The van der Waals surface area contributed by atoms with Crippen molar-refractivity contribution in [2.45, 2.75) is 51.1 Å². The van der Waals surface area contributed by atoms with Crippen LogP contribution in [0.25, 0.3) is 0 Å². The van der Waals surface area contributed by atoms with Gasteiger partial charge in [0.15, 0.2) is 0 Å². The van der Waals surface area contributed by atoms with Gasteiger partial charge in [-0.2, -0.15) is 0 Å². The maximum absolute atomic E-state index is 5.69. The minimum Gasteiger partial charge on any atom is -0.424 e. The fourth-order valence-corrected chi connectivity index (χ4v) is 3.99. The third-order valence-corrected chi connectivity index (χ3v) is 5.26. The van der Waals surface area contributed by atoms with Crippen LogP contribution >= 0.6 is 0 Å². The summed E-state index contributed by atoms with van der Waals surface area (Å²) in [7, 11) is 0. The molecule has 1 aliphatic rings. The van der Waals surface area contributed by atoms with Gasteiger partial charge < -0.3 is 9.73 Å². The van der Waals surface area contributed by atoms with E-state index < -0.39 is 0 Å². The molecule has 1 aliphatic carbocycles. The number of hydrogen-bond donors (Lipinski definition) is 1. The monoisotopic (exact) mass is 347 g/mol. The Bertz CT molecular complexity index is 843. The van der Waals surface area contributed by atoms with Gasteiger partial charge >= 0.3 is 0 Å². The van der Waals surface area contributed by atoms with Crippen LogP contribution in [0.15, 0.2) is 59.0 Å². The number of rotatable bonds is 6. The quantitative estimate of drug-likeness (QED) is 0.709. The van der Waals surface area contributed by atoms with Crippen LogP contribution in [0.5, 0.6) is 0 Å². The molecule has 1 N–H and O–H groups in total. The third kappa shape index (κ3) is 3.56. The third-order valence-electron chi connectivity index (χ3n) is 5.26. The van der Waals surface area contributed by atoms with Crippen molar-refractivity contribution >= 4 is 0 Å². The maximum Gasteiger partial charge on any atom is 0.230 e. The number of aryl methyl sites for hydroxylation is 2. The van der Waals surface area contributed by atoms with E-state index in [2.05, 4.69) is 70.1 Å². The molecule has 4 nitrogen and oxygen atoms in total. The van der Waals surface area contributed by atoms with Crippen molar-refractivity contribution < 1.29 is 4.42 Å². The van der Waals surface area contributed by atoms with E-state index in [9.17, 15) is 0 Å². The molecule has 4 heteroatoms. The Hall–Kier alpha value is -2.46. The Morgan fingerprint density at radius 3 is 2.62 bits per heavy atom. The summed E-state index contributed by atoms with van der Waals surface area (Å²) in [4.78, 5) is 0. The Labute approximate surface area is 154 Å². The van der Waals surface area contributed by atoms with Gasteiger partial charge in [-0.25, -0.2) is 0 Å². The minimum atomic E-state index is 0.231. The van der Waals surface area contributed by atoms with Crippen molar-refractivity contribution in [1.82, 2.24) is 15.5 Å². The van der Waals surface area contributed by atoms with Gasteiger partial charge in [0.1, 0.15) is 0 Å². The van der Waals surface area contributed by atoms with E-state index in [-0.39, 0.29) is 6.04 Å². The van der Waals surface area contributed by atoms with E-state index in [0.29, 0.717) is 24.2 Å². The van der Waals surface area contributed by atoms with Gasteiger partial charge in [-0.05, 0) is 36.0 Å². The Balaban J connectivity index is 1.61. The largest absolute Gasteiger partial charge is 0.424 e. The van der Waals surface area contributed by atoms with E-state index in [4.69, 9.17) is 4.42 Å². The second kappa shape index (κ2) is 7.83. The molecule has 0 saturated carbocycles. The molecule has 0 saturated heterocycles. The summed E-state index contributed by atoms with van der Waals surface area (Å²) >= 11 is 0. The summed E-state index contributed by atoms with van der Waals surface area (Å²) in [6.07, 6.45) is 4.36. The van der Waals surface area contributed by atoms with Crippen molar-refractivity contribution in [2.24, 2.45) is 0 Å². The SMILES string of the molecule is CCc1nnc(CNC(c2ccccc2)C2CCCc3ccccc32)o1. The molecule has 1 aromatic heterocycles. The standard InChI is InChI=1S/C22H25N3O/c1-2-20-24-25-21(26-20)15-23-22(17-10-4-3-5-11-17)19-14-8-12-16-9-6-7-13-18(16)19/h3-7,9-11,13,19,22-23H,2,8,12,14-15H2,1H3. The van der Waals surface area contributed by atoms with Crippen LogP contribution in [0.2, 0.25) is 0 Å². The highest BCUT2D eigenvalue weighted by atomic mass is 16.4. The van der Waals surface area contributed by atoms with Crippen LogP contribution in [0.1, 0.15) is 60.2 Å². The molecular weight excluding hydrogens is 322 g/mol. The molecule has 1 heterocycles. The van der Waals surface area contributed by atoms with Gasteiger partial charge in [-0.3, -0.25) is 0 Å². The van der Waals surface area contributed by atoms with Crippen LogP contribution in [0, 0.1) is 0 Å². The molecule has 2 unspecified atom stereocenters. The van der Waals surface area contributed by atoms with Gasteiger partial charge in [-0.15, -0.1) is 10.2 Å². The molecule has 26 heavy (non-hydrogen) atoms. The van der Waals surface area contributed by atoms with Crippen LogP contribution in [0.3, 0.4) is 0 Å². The number of hydrogen-bond acceptors (Lipinski definition) is 4. The number of aromatic nitrogens is 2. The lowest BCUT2D eigenvalue weighted by Gasteiger charge is -2.33. The van der Waals surface area contributed by atoms with Crippen molar-refractivity contribution in [3.8, 4) is 0 Å². The molecular formula is C22H25N3O. The lowest BCUT2D eigenvalue weighted by Crippen LogP contribution is -2.29. The first-order valence-corrected chi connectivity index (χ1v) is 9.52. The summed E-state index contributed by atoms with van der Waals surface area (Å²) in [6.45, 7) is 2.61. The van der Waals surface area contributed by atoms with E-state index in [1.54, 1.807) is 0 Å². The highest BCUT2D eigenvalue weighted by Crippen LogP contribution is 2.40. The highest BCUT2D eigenvalue weighted by molar-refractivity contribution is 5.36. The second-order valence-corrected chi connectivity index (χ2v) is 6.91. The number of nitrogens with one attached hydrogen (secondary N) is 1. The van der Waals surface area contributed by atoms with Gasteiger partial charge in [-0.1, -0.05) is 61.5 Å². The highest BCUT2D eigenvalue weighted by Gasteiger charge is 2.29. The average molecular weight is 347 g/mol. The number of benzene rings is 2. The van der Waals surface area contributed by atoms with Gasteiger partial charge in [0.2, 0.25) is 11.8 Å². The fraction of sp³-hybridized carbons (Fsp3) is 0.364. The first kappa shape index (κ1) is 17.0. The zero-order valence-corrected chi connectivity index (χ0v) is 15.2. The molecule has 3 aromatic rings. The Morgan fingerprint density at radius 2 is 1.81 bits per heavy atom. The lowest BCUT2D eigenvalue weighted by molar-refractivity contribution is 0.367. The Kier molecular flexibility index (Phi) is 5.12. The van der Waals surface area contributed by atoms with Crippen LogP contribution in [-0.4, -0.2) is 10.2 Å². The molecule has 0 fully saturated rings. The van der Waals surface area contributed by atoms with Crippen molar-refractivity contribution in [2.75, 3.05) is 0 Å². The molecule has 0 radical (unpaired) electrons. The van der Waals surface area contributed by atoms with Crippen molar-refractivity contribution in [1.29, 1.82) is 0 Å². The summed E-state index contributed by atoms with van der Waals surface area (Å²) < 4.78 is 5.69. The fourth-order valence-electron chi connectivity index (χ4n) is 3.99. The zero-order valence-electron chi connectivity index (χ0n) is 15.2. The predicted molar refractivity (Wildman–Crippen MR) is 102 cm³/mol. The predicted octanol–water partition coefficient (Wildman–Crippen LogP) is 4.58. The summed E-state index contributed by atoms with van der Waals surface area (Å²) in [5.41, 5.74) is 4.27.